The van der Waals surface area contributed by atoms with Crippen LogP contribution in [0.15, 0.2) is 0 Å². The van der Waals surface area contributed by atoms with Crippen LogP contribution in [0.5, 0.6) is 0 Å². The third-order valence-electron chi connectivity index (χ3n) is 3.88. The minimum Gasteiger partial charge on any atom is -0.444 e. The maximum atomic E-state index is 12.5. The van der Waals surface area contributed by atoms with E-state index in [0.29, 0.717) is 19.6 Å². The van der Waals surface area contributed by atoms with Crippen molar-refractivity contribution in [2.45, 2.75) is 65.6 Å². The standard InChI is InChI=1S/C16H31N3O3/c1-7-19(14(20)13(17)11(2)3)12-8-9-18(10-12)15(21)22-16(4,5)6/h11-13H,7-10,17H2,1-6H3/t12-,13+/m1/s1. The molecule has 2 N–H and O–H groups in total. The highest BCUT2D eigenvalue weighted by atomic mass is 16.6. The molecule has 6 nitrogen and oxygen atoms in total. The van der Waals surface area contributed by atoms with E-state index < -0.39 is 11.6 Å². The maximum Gasteiger partial charge on any atom is 0.410 e. The molecule has 128 valence electrons. The molecular weight excluding hydrogens is 282 g/mol. The van der Waals surface area contributed by atoms with Crippen LogP contribution >= 0.6 is 0 Å². The Kier molecular flexibility index (Phi) is 6.23. The van der Waals surface area contributed by atoms with Gasteiger partial charge in [-0.1, -0.05) is 13.8 Å². The molecule has 1 aliphatic rings. The lowest BCUT2D eigenvalue weighted by molar-refractivity contribution is -0.135. The summed E-state index contributed by atoms with van der Waals surface area (Å²) in [6.07, 6.45) is 0.454. The summed E-state index contributed by atoms with van der Waals surface area (Å²) in [7, 11) is 0. The average Bonchev–Trinajstić information content (AvgIpc) is 2.86. The van der Waals surface area contributed by atoms with Gasteiger partial charge in [-0.2, -0.15) is 0 Å². The van der Waals surface area contributed by atoms with Crippen molar-refractivity contribution in [2.75, 3.05) is 19.6 Å². The van der Waals surface area contributed by atoms with E-state index in [1.807, 2.05) is 41.5 Å². The Labute approximate surface area is 134 Å². The summed E-state index contributed by atoms with van der Waals surface area (Å²) in [4.78, 5) is 28.1. The zero-order valence-corrected chi connectivity index (χ0v) is 14.8. The topological polar surface area (TPSA) is 75.9 Å². The molecule has 1 rings (SSSR count). The van der Waals surface area contributed by atoms with E-state index in [1.165, 1.54) is 0 Å². The molecule has 1 aliphatic heterocycles. The van der Waals surface area contributed by atoms with Crippen molar-refractivity contribution in [2.24, 2.45) is 11.7 Å². The molecule has 0 aromatic heterocycles. The van der Waals surface area contributed by atoms with Crippen LogP contribution < -0.4 is 5.73 Å². The van der Waals surface area contributed by atoms with Crippen molar-refractivity contribution in [3.05, 3.63) is 0 Å². The Bertz CT molecular complexity index is 404. The van der Waals surface area contributed by atoms with E-state index in [1.54, 1.807) is 9.80 Å². The molecule has 0 aromatic carbocycles. The Balaban J connectivity index is 2.67. The van der Waals surface area contributed by atoms with Crippen molar-refractivity contribution < 1.29 is 14.3 Å². The zero-order valence-electron chi connectivity index (χ0n) is 14.8. The average molecular weight is 313 g/mol. The monoisotopic (exact) mass is 313 g/mol. The van der Waals surface area contributed by atoms with Gasteiger partial charge in [-0.3, -0.25) is 4.79 Å². The zero-order chi connectivity index (χ0) is 17.1. The SMILES string of the molecule is CCN(C(=O)[C@@H](N)C(C)C)[C@@H]1CCN(C(=O)OC(C)(C)C)C1. The second kappa shape index (κ2) is 7.31. The van der Waals surface area contributed by atoms with Gasteiger partial charge in [0, 0.05) is 19.6 Å². The fourth-order valence-corrected chi connectivity index (χ4v) is 2.56. The van der Waals surface area contributed by atoms with E-state index >= 15 is 0 Å². The number of hydrogen-bond donors (Lipinski definition) is 1. The fourth-order valence-electron chi connectivity index (χ4n) is 2.56. The smallest absolute Gasteiger partial charge is 0.410 e. The number of hydrogen-bond acceptors (Lipinski definition) is 4. The highest BCUT2D eigenvalue weighted by Gasteiger charge is 2.35. The number of rotatable bonds is 4. The number of amides is 2. The summed E-state index contributed by atoms with van der Waals surface area (Å²) in [5, 5.41) is 0. The van der Waals surface area contributed by atoms with Gasteiger partial charge in [0.25, 0.3) is 0 Å². The van der Waals surface area contributed by atoms with Gasteiger partial charge in [-0.25, -0.2) is 4.79 Å². The molecule has 0 spiro atoms. The van der Waals surface area contributed by atoms with Crippen LogP contribution in [0.1, 0.15) is 48.0 Å². The van der Waals surface area contributed by atoms with Crippen LogP contribution in [-0.2, 0) is 9.53 Å². The number of ether oxygens (including phenoxy) is 1. The van der Waals surface area contributed by atoms with E-state index in [4.69, 9.17) is 10.5 Å². The molecular formula is C16H31N3O3. The first-order valence-electron chi connectivity index (χ1n) is 8.10. The molecule has 0 unspecified atom stereocenters. The van der Waals surface area contributed by atoms with Crippen LogP contribution in [0, 0.1) is 5.92 Å². The molecule has 1 fully saturated rings. The first-order valence-corrected chi connectivity index (χ1v) is 8.10. The quantitative estimate of drug-likeness (QED) is 0.859. The number of carbonyl (C=O) groups excluding carboxylic acids is 2. The molecule has 2 atom stereocenters. The summed E-state index contributed by atoms with van der Waals surface area (Å²) in [5.74, 6) is 0.0680. The summed E-state index contributed by atoms with van der Waals surface area (Å²) >= 11 is 0. The molecule has 1 heterocycles. The van der Waals surface area contributed by atoms with Crippen molar-refractivity contribution in [3.8, 4) is 0 Å². The molecule has 0 aromatic rings. The minimum absolute atomic E-state index is 0.0230. The number of likely N-dealkylation sites (N-methyl/N-ethyl adjacent to an activating group) is 1. The van der Waals surface area contributed by atoms with Crippen LogP contribution in [0.25, 0.3) is 0 Å². The van der Waals surface area contributed by atoms with Gasteiger partial charge in [0.2, 0.25) is 5.91 Å². The lowest BCUT2D eigenvalue weighted by Crippen LogP contribution is -2.51. The largest absolute Gasteiger partial charge is 0.444 e. The molecule has 0 saturated carbocycles. The van der Waals surface area contributed by atoms with Gasteiger partial charge in [-0.05, 0) is 40.0 Å². The summed E-state index contributed by atoms with van der Waals surface area (Å²) < 4.78 is 5.39. The van der Waals surface area contributed by atoms with Crippen molar-refractivity contribution in [3.63, 3.8) is 0 Å². The van der Waals surface area contributed by atoms with Crippen LogP contribution in [-0.4, -0.2) is 59.1 Å². The van der Waals surface area contributed by atoms with Gasteiger partial charge in [0.15, 0.2) is 0 Å². The Hall–Kier alpha value is -1.30. The predicted molar refractivity (Wildman–Crippen MR) is 86.4 cm³/mol. The predicted octanol–water partition coefficient (Wildman–Crippen LogP) is 1.83. The first-order chi connectivity index (χ1) is 10.1. The highest BCUT2D eigenvalue weighted by Crippen LogP contribution is 2.20. The van der Waals surface area contributed by atoms with E-state index in [0.717, 1.165) is 6.42 Å². The van der Waals surface area contributed by atoms with E-state index in [-0.39, 0.29) is 24.0 Å². The van der Waals surface area contributed by atoms with Gasteiger partial charge in [0.1, 0.15) is 5.60 Å². The lowest BCUT2D eigenvalue weighted by atomic mass is 10.0. The first kappa shape index (κ1) is 18.7. The molecule has 22 heavy (non-hydrogen) atoms. The molecule has 0 radical (unpaired) electrons. The lowest BCUT2D eigenvalue weighted by Gasteiger charge is -2.31. The molecule has 6 heteroatoms. The third-order valence-corrected chi connectivity index (χ3v) is 3.88. The Morgan fingerprint density at radius 2 is 1.95 bits per heavy atom. The number of nitrogens with zero attached hydrogens (tertiary/aromatic N) is 2. The second-order valence-electron chi connectivity index (χ2n) is 7.26. The summed E-state index contributed by atoms with van der Waals surface area (Å²) in [6, 6.07) is -0.467. The molecule has 2 amide bonds. The van der Waals surface area contributed by atoms with Crippen LogP contribution in [0.2, 0.25) is 0 Å². The normalized spacial score (nSPS) is 20.2. The molecule has 0 bridgehead atoms. The van der Waals surface area contributed by atoms with Gasteiger partial charge in [-0.15, -0.1) is 0 Å². The van der Waals surface area contributed by atoms with Gasteiger partial charge in [0.05, 0.1) is 12.1 Å². The fraction of sp³-hybridized carbons (Fsp3) is 0.875. The van der Waals surface area contributed by atoms with Crippen molar-refractivity contribution >= 4 is 12.0 Å². The van der Waals surface area contributed by atoms with Gasteiger partial charge >= 0.3 is 6.09 Å². The van der Waals surface area contributed by atoms with E-state index in [9.17, 15) is 9.59 Å². The molecule has 1 saturated heterocycles. The highest BCUT2D eigenvalue weighted by molar-refractivity contribution is 5.82. The Morgan fingerprint density at radius 1 is 1.36 bits per heavy atom. The number of nitrogens with two attached hydrogens (primary N) is 1. The van der Waals surface area contributed by atoms with Crippen LogP contribution in [0.4, 0.5) is 4.79 Å². The van der Waals surface area contributed by atoms with E-state index in [2.05, 4.69) is 0 Å². The van der Waals surface area contributed by atoms with Gasteiger partial charge < -0.3 is 20.3 Å². The maximum absolute atomic E-state index is 12.5. The van der Waals surface area contributed by atoms with Crippen molar-refractivity contribution in [1.29, 1.82) is 0 Å². The van der Waals surface area contributed by atoms with Crippen molar-refractivity contribution in [1.82, 2.24) is 9.80 Å². The Morgan fingerprint density at radius 3 is 2.41 bits per heavy atom. The minimum atomic E-state index is -0.505. The third kappa shape index (κ3) is 4.87. The second-order valence-corrected chi connectivity index (χ2v) is 7.26. The summed E-state index contributed by atoms with van der Waals surface area (Å²) in [6.45, 7) is 13.1. The number of likely N-dealkylation sites (tertiary alicyclic amines) is 1. The van der Waals surface area contributed by atoms with Crippen LogP contribution in [0.3, 0.4) is 0 Å². The number of carbonyl (C=O) groups is 2. The summed E-state index contributed by atoms with van der Waals surface area (Å²) in [5.41, 5.74) is 5.48. The molecule has 0 aliphatic carbocycles.